The zero-order valence-corrected chi connectivity index (χ0v) is 13.1. The Morgan fingerprint density at radius 1 is 1.33 bits per heavy atom. The van der Waals surface area contributed by atoms with E-state index in [1.807, 2.05) is 19.2 Å². The van der Waals surface area contributed by atoms with Crippen LogP contribution < -0.4 is 10.2 Å². The minimum Gasteiger partial charge on any atom is -0.372 e. The molecule has 1 N–H and O–H groups in total. The molecule has 2 aliphatic rings. The molecule has 1 aromatic carbocycles. The van der Waals surface area contributed by atoms with Gasteiger partial charge in [-0.15, -0.1) is 0 Å². The Hall–Kier alpha value is -1.13. The number of nitrogens with one attached hydrogen (secondary N) is 1. The molecule has 4 heteroatoms. The van der Waals surface area contributed by atoms with Crippen LogP contribution in [0.2, 0.25) is 0 Å². The van der Waals surface area contributed by atoms with Gasteiger partial charge in [0, 0.05) is 32.7 Å². The molecule has 1 atom stereocenters. The molecule has 21 heavy (non-hydrogen) atoms. The van der Waals surface area contributed by atoms with E-state index in [4.69, 9.17) is 0 Å². The molecular weight excluding hydrogens is 265 g/mol. The van der Waals surface area contributed by atoms with Crippen LogP contribution in [0.1, 0.15) is 24.8 Å². The molecule has 0 spiro atoms. The second-order valence-electron chi connectivity index (χ2n) is 6.70. The Morgan fingerprint density at radius 3 is 2.81 bits per heavy atom. The number of rotatable bonds is 6. The summed E-state index contributed by atoms with van der Waals surface area (Å²) in [6, 6.07) is 6.09. The van der Waals surface area contributed by atoms with Crippen molar-refractivity contribution in [3.8, 4) is 0 Å². The fraction of sp³-hybridized carbons (Fsp3) is 0.647. The third kappa shape index (κ3) is 3.74. The van der Waals surface area contributed by atoms with Crippen molar-refractivity contribution in [2.75, 3.05) is 38.6 Å². The summed E-state index contributed by atoms with van der Waals surface area (Å²) in [5.74, 6) is 0.544. The average molecular weight is 291 g/mol. The predicted molar refractivity (Wildman–Crippen MR) is 85.1 cm³/mol. The highest BCUT2D eigenvalue weighted by Gasteiger charge is 2.24. The maximum Gasteiger partial charge on any atom is 0.146 e. The second-order valence-corrected chi connectivity index (χ2v) is 6.70. The van der Waals surface area contributed by atoms with Crippen molar-refractivity contribution in [1.29, 1.82) is 0 Å². The van der Waals surface area contributed by atoms with Gasteiger partial charge in [0.25, 0.3) is 0 Å². The lowest BCUT2D eigenvalue weighted by atomic mass is 10.1. The maximum absolute atomic E-state index is 14.3. The van der Waals surface area contributed by atoms with Crippen molar-refractivity contribution in [3.63, 3.8) is 0 Å². The number of hydrogen-bond acceptors (Lipinski definition) is 3. The molecule has 0 radical (unpaired) electrons. The SMILES string of the molecule is CN1CCC(CN(C)c2c(F)cccc2CNC2CC2)C1. The minimum atomic E-state index is -0.0982. The normalized spacial score (nSPS) is 22.7. The number of anilines is 1. The summed E-state index contributed by atoms with van der Waals surface area (Å²) in [7, 11) is 4.19. The van der Waals surface area contributed by atoms with E-state index < -0.39 is 0 Å². The topological polar surface area (TPSA) is 18.5 Å². The fourth-order valence-electron chi connectivity index (χ4n) is 3.33. The highest BCUT2D eigenvalue weighted by molar-refractivity contribution is 5.54. The van der Waals surface area contributed by atoms with Gasteiger partial charge in [-0.05, 0) is 50.4 Å². The van der Waals surface area contributed by atoms with Crippen LogP contribution in [0.15, 0.2) is 18.2 Å². The van der Waals surface area contributed by atoms with Crippen molar-refractivity contribution < 1.29 is 4.39 Å². The first-order chi connectivity index (χ1) is 10.1. The van der Waals surface area contributed by atoms with E-state index in [1.165, 1.54) is 19.3 Å². The Kier molecular flexibility index (Phi) is 4.45. The third-order valence-electron chi connectivity index (χ3n) is 4.63. The molecular formula is C17H26FN3. The molecule has 1 unspecified atom stereocenters. The van der Waals surface area contributed by atoms with Gasteiger partial charge in [-0.1, -0.05) is 12.1 Å². The molecule has 3 nitrogen and oxygen atoms in total. The summed E-state index contributed by atoms with van der Waals surface area (Å²) in [5, 5.41) is 3.49. The van der Waals surface area contributed by atoms with Crippen LogP contribution in [0.3, 0.4) is 0 Å². The fourth-order valence-corrected chi connectivity index (χ4v) is 3.33. The van der Waals surface area contributed by atoms with E-state index >= 15 is 0 Å². The quantitative estimate of drug-likeness (QED) is 0.868. The first-order valence-corrected chi connectivity index (χ1v) is 8.04. The molecule has 1 aromatic rings. The van der Waals surface area contributed by atoms with Crippen LogP contribution in [-0.4, -0.2) is 44.7 Å². The van der Waals surface area contributed by atoms with Gasteiger partial charge in [0.05, 0.1) is 5.69 Å². The summed E-state index contributed by atoms with van der Waals surface area (Å²) in [5.41, 5.74) is 1.86. The highest BCUT2D eigenvalue weighted by atomic mass is 19.1. The monoisotopic (exact) mass is 291 g/mol. The maximum atomic E-state index is 14.3. The first-order valence-electron chi connectivity index (χ1n) is 8.04. The molecule has 1 heterocycles. The van der Waals surface area contributed by atoms with Gasteiger partial charge in [-0.3, -0.25) is 0 Å². The summed E-state index contributed by atoms with van der Waals surface area (Å²) in [6.07, 6.45) is 3.73. The number of para-hydroxylation sites is 1. The Bertz CT molecular complexity index is 487. The van der Waals surface area contributed by atoms with Crippen LogP contribution in [0.4, 0.5) is 10.1 Å². The van der Waals surface area contributed by atoms with Crippen molar-refractivity contribution in [2.45, 2.75) is 31.8 Å². The summed E-state index contributed by atoms with van der Waals surface area (Å²) >= 11 is 0. The molecule has 2 fully saturated rings. The van der Waals surface area contributed by atoms with Gasteiger partial charge in [0.1, 0.15) is 5.82 Å². The largest absolute Gasteiger partial charge is 0.372 e. The molecule has 0 aromatic heterocycles. The van der Waals surface area contributed by atoms with Crippen molar-refractivity contribution in [3.05, 3.63) is 29.6 Å². The van der Waals surface area contributed by atoms with E-state index in [0.29, 0.717) is 12.0 Å². The molecule has 0 bridgehead atoms. The highest BCUT2D eigenvalue weighted by Crippen LogP contribution is 2.27. The Balaban J connectivity index is 1.69. The van der Waals surface area contributed by atoms with E-state index in [1.54, 1.807) is 6.07 Å². The number of nitrogens with zero attached hydrogens (tertiary/aromatic N) is 2. The first kappa shape index (κ1) is 14.8. The van der Waals surface area contributed by atoms with Crippen LogP contribution in [0.25, 0.3) is 0 Å². The van der Waals surface area contributed by atoms with E-state index in [2.05, 4.69) is 22.2 Å². The minimum absolute atomic E-state index is 0.0982. The summed E-state index contributed by atoms with van der Waals surface area (Å²) in [4.78, 5) is 4.47. The van der Waals surface area contributed by atoms with E-state index in [9.17, 15) is 4.39 Å². The third-order valence-corrected chi connectivity index (χ3v) is 4.63. The van der Waals surface area contributed by atoms with Gasteiger partial charge in [0.15, 0.2) is 0 Å². The van der Waals surface area contributed by atoms with Crippen LogP contribution in [-0.2, 0) is 6.54 Å². The van der Waals surface area contributed by atoms with Crippen molar-refractivity contribution in [2.24, 2.45) is 5.92 Å². The molecule has 1 aliphatic heterocycles. The van der Waals surface area contributed by atoms with Crippen LogP contribution in [0, 0.1) is 11.7 Å². The van der Waals surface area contributed by atoms with Gasteiger partial charge in [-0.25, -0.2) is 4.39 Å². The molecule has 1 aliphatic carbocycles. The molecule has 116 valence electrons. The molecule has 0 amide bonds. The van der Waals surface area contributed by atoms with Gasteiger partial charge in [-0.2, -0.15) is 0 Å². The van der Waals surface area contributed by atoms with Gasteiger partial charge in [0.2, 0.25) is 0 Å². The van der Waals surface area contributed by atoms with Gasteiger partial charge < -0.3 is 15.1 Å². The zero-order chi connectivity index (χ0) is 14.8. The van der Waals surface area contributed by atoms with Crippen LogP contribution in [0.5, 0.6) is 0 Å². The number of hydrogen-bond donors (Lipinski definition) is 1. The van der Waals surface area contributed by atoms with Crippen molar-refractivity contribution in [1.82, 2.24) is 10.2 Å². The lowest BCUT2D eigenvalue weighted by Crippen LogP contribution is -2.29. The Labute approximate surface area is 127 Å². The number of benzene rings is 1. The van der Waals surface area contributed by atoms with E-state index in [-0.39, 0.29) is 5.82 Å². The Morgan fingerprint density at radius 2 is 2.14 bits per heavy atom. The lowest BCUT2D eigenvalue weighted by molar-refractivity contribution is 0.395. The molecule has 3 rings (SSSR count). The lowest BCUT2D eigenvalue weighted by Gasteiger charge is -2.26. The number of likely N-dealkylation sites (tertiary alicyclic amines) is 1. The summed E-state index contributed by atoms with van der Waals surface area (Å²) < 4.78 is 14.3. The predicted octanol–water partition coefficient (Wildman–Crippen LogP) is 2.47. The summed E-state index contributed by atoms with van der Waals surface area (Å²) in [6.45, 7) is 3.98. The van der Waals surface area contributed by atoms with Gasteiger partial charge >= 0.3 is 0 Å². The van der Waals surface area contributed by atoms with E-state index in [0.717, 1.165) is 37.4 Å². The second kappa shape index (κ2) is 6.32. The number of halogens is 1. The van der Waals surface area contributed by atoms with Crippen molar-refractivity contribution >= 4 is 5.69 Å². The molecule has 1 saturated carbocycles. The van der Waals surface area contributed by atoms with Crippen LogP contribution >= 0.6 is 0 Å². The molecule has 1 saturated heterocycles. The standard InChI is InChI=1S/C17H26FN3/c1-20-9-8-13(11-20)12-21(2)17-14(4-3-5-16(17)18)10-19-15-6-7-15/h3-5,13,15,19H,6-12H2,1-2H3. The average Bonchev–Trinajstić information content (AvgIpc) is 3.19. The smallest absolute Gasteiger partial charge is 0.146 e. The zero-order valence-electron chi connectivity index (χ0n) is 13.1.